The van der Waals surface area contributed by atoms with Crippen molar-refractivity contribution in [1.82, 2.24) is 9.97 Å². The van der Waals surface area contributed by atoms with Gasteiger partial charge in [-0.15, -0.1) is 0 Å². The van der Waals surface area contributed by atoms with Gasteiger partial charge in [-0.25, -0.2) is 4.98 Å². The Labute approximate surface area is 131 Å². The van der Waals surface area contributed by atoms with Crippen LogP contribution in [-0.2, 0) is 6.42 Å². The number of imidazole rings is 1. The molecule has 1 aromatic carbocycles. The first-order valence-electron chi connectivity index (χ1n) is 7.68. The number of halogens is 3. The molecule has 0 radical (unpaired) electrons. The van der Waals surface area contributed by atoms with E-state index in [9.17, 15) is 18.0 Å². The van der Waals surface area contributed by atoms with Crippen molar-refractivity contribution in [3.63, 3.8) is 0 Å². The van der Waals surface area contributed by atoms with E-state index < -0.39 is 18.0 Å². The highest BCUT2D eigenvalue weighted by molar-refractivity contribution is 5.96. The lowest BCUT2D eigenvalue weighted by molar-refractivity contribution is -0.183. The molecule has 0 atom stereocenters. The van der Waals surface area contributed by atoms with E-state index in [1.54, 1.807) is 18.2 Å². The van der Waals surface area contributed by atoms with E-state index in [2.05, 4.69) is 9.97 Å². The molecule has 124 valence electrons. The van der Waals surface area contributed by atoms with Crippen molar-refractivity contribution in [2.75, 3.05) is 0 Å². The van der Waals surface area contributed by atoms with Crippen molar-refractivity contribution < 1.29 is 18.0 Å². The number of carbonyl (C=O) groups is 1. The van der Waals surface area contributed by atoms with Crippen molar-refractivity contribution >= 4 is 16.9 Å². The lowest BCUT2D eigenvalue weighted by Gasteiger charge is -2.29. The third-order valence-corrected chi connectivity index (χ3v) is 4.61. The average Bonchev–Trinajstić information content (AvgIpc) is 2.87. The summed E-state index contributed by atoms with van der Waals surface area (Å²) in [5.74, 6) is -0.712. The summed E-state index contributed by atoms with van der Waals surface area (Å²) >= 11 is 0. The zero-order chi connectivity index (χ0) is 16.6. The van der Waals surface area contributed by atoms with Crippen molar-refractivity contribution in [3.05, 3.63) is 29.6 Å². The number of aromatic amines is 1. The van der Waals surface area contributed by atoms with Crippen LogP contribution in [0.1, 0.15) is 41.9 Å². The number of fused-ring (bicyclic) bond motifs is 1. The summed E-state index contributed by atoms with van der Waals surface area (Å²) in [6.07, 6.45) is -1.93. The van der Waals surface area contributed by atoms with E-state index >= 15 is 0 Å². The van der Waals surface area contributed by atoms with Gasteiger partial charge in [-0.2, -0.15) is 13.2 Å². The number of aromatic nitrogens is 2. The van der Waals surface area contributed by atoms with Crippen LogP contribution in [0.25, 0.3) is 11.0 Å². The number of H-pyrrole nitrogens is 1. The Balaban J connectivity index is 1.67. The minimum Gasteiger partial charge on any atom is -0.366 e. The number of amides is 1. The molecule has 2 aromatic rings. The standard InChI is InChI=1S/C16H18F3N3O/c17-16(18,19)11-4-1-9(2-5-11)7-14-21-12-6-3-10(15(20)23)8-13(12)22-14/h3,6,8-9,11H,1-2,4-5,7H2,(H2,20,23)(H,21,22)/t9-,11-. The normalized spacial score (nSPS) is 22.4. The van der Waals surface area contributed by atoms with Crippen molar-refractivity contribution in [1.29, 1.82) is 0 Å². The lowest BCUT2D eigenvalue weighted by atomic mass is 9.80. The highest BCUT2D eigenvalue weighted by Crippen LogP contribution is 2.40. The van der Waals surface area contributed by atoms with Crippen LogP contribution in [0.3, 0.4) is 0 Å². The summed E-state index contributed by atoms with van der Waals surface area (Å²) in [6.45, 7) is 0. The molecule has 7 heteroatoms. The van der Waals surface area contributed by atoms with E-state index in [0.29, 0.717) is 30.3 Å². The minimum absolute atomic E-state index is 0.195. The van der Waals surface area contributed by atoms with Crippen LogP contribution in [0.5, 0.6) is 0 Å². The lowest BCUT2D eigenvalue weighted by Crippen LogP contribution is -2.28. The first kappa shape index (κ1) is 15.8. The second-order valence-corrected chi connectivity index (χ2v) is 6.24. The highest BCUT2D eigenvalue weighted by atomic mass is 19.4. The van der Waals surface area contributed by atoms with Gasteiger partial charge in [0.1, 0.15) is 5.82 Å². The van der Waals surface area contributed by atoms with Gasteiger partial charge in [-0.1, -0.05) is 0 Å². The van der Waals surface area contributed by atoms with Gasteiger partial charge in [0.15, 0.2) is 0 Å². The molecule has 1 aliphatic carbocycles. The summed E-state index contributed by atoms with van der Waals surface area (Å²) in [6, 6.07) is 4.99. The zero-order valence-electron chi connectivity index (χ0n) is 12.5. The number of benzene rings is 1. The fraction of sp³-hybridized carbons (Fsp3) is 0.500. The van der Waals surface area contributed by atoms with Crippen LogP contribution < -0.4 is 5.73 Å². The largest absolute Gasteiger partial charge is 0.391 e. The molecule has 1 heterocycles. The van der Waals surface area contributed by atoms with E-state index in [-0.39, 0.29) is 18.8 Å². The summed E-state index contributed by atoms with van der Waals surface area (Å²) < 4.78 is 38.0. The number of nitrogens with two attached hydrogens (primary N) is 1. The molecule has 23 heavy (non-hydrogen) atoms. The number of hydrogen-bond acceptors (Lipinski definition) is 2. The van der Waals surface area contributed by atoms with Gasteiger partial charge in [0.2, 0.25) is 5.91 Å². The maximum Gasteiger partial charge on any atom is 0.391 e. The Morgan fingerprint density at radius 3 is 2.57 bits per heavy atom. The first-order chi connectivity index (χ1) is 10.8. The maximum absolute atomic E-state index is 12.7. The Bertz CT molecular complexity index is 715. The summed E-state index contributed by atoms with van der Waals surface area (Å²) in [4.78, 5) is 18.8. The van der Waals surface area contributed by atoms with Gasteiger partial charge in [-0.3, -0.25) is 4.79 Å². The number of alkyl halides is 3. The van der Waals surface area contributed by atoms with Gasteiger partial charge in [0.05, 0.1) is 17.0 Å². The predicted octanol–water partition coefficient (Wildman–Crippen LogP) is 3.57. The maximum atomic E-state index is 12.7. The summed E-state index contributed by atoms with van der Waals surface area (Å²) in [5, 5.41) is 0. The van der Waals surface area contributed by atoms with Crippen molar-refractivity contribution in [2.24, 2.45) is 17.6 Å². The Morgan fingerprint density at radius 1 is 1.26 bits per heavy atom. The molecule has 0 spiro atoms. The number of nitrogens with one attached hydrogen (secondary N) is 1. The predicted molar refractivity (Wildman–Crippen MR) is 79.8 cm³/mol. The smallest absolute Gasteiger partial charge is 0.366 e. The molecule has 1 aromatic heterocycles. The molecular weight excluding hydrogens is 307 g/mol. The summed E-state index contributed by atoms with van der Waals surface area (Å²) in [5.41, 5.74) is 7.08. The molecule has 0 saturated heterocycles. The van der Waals surface area contributed by atoms with Crippen LogP contribution in [0.4, 0.5) is 13.2 Å². The molecule has 1 saturated carbocycles. The molecule has 1 amide bonds. The second-order valence-electron chi connectivity index (χ2n) is 6.24. The molecule has 1 aliphatic rings. The SMILES string of the molecule is NC(=O)c1ccc2[nH]c(C[C@H]3CC[C@H](C(F)(F)F)CC3)nc2c1. The van der Waals surface area contributed by atoms with Crippen molar-refractivity contribution in [3.8, 4) is 0 Å². The van der Waals surface area contributed by atoms with Gasteiger partial charge in [0, 0.05) is 12.0 Å². The van der Waals surface area contributed by atoms with E-state index in [4.69, 9.17) is 5.73 Å². The summed E-state index contributed by atoms with van der Waals surface area (Å²) in [7, 11) is 0. The number of carbonyl (C=O) groups excluding carboxylic acids is 1. The van der Waals surface area contributed by atoms with Crippen LogP contribution in [-0.4, -0.2) is 22.1 Å². The van der Waals surface area contributed by atoms with Gasteiger partial charge < -0.3 is 10.7 Å². The number of rotatable bonds is 3. The van der Waals surface area contributed by atoms with Gasteiger partial charge in [-0.05, 0) is 49.8 Å². The van der Waals surface area contributed by atoms with Crippen LogP contribution in [0, 0.1) is 11.8 Å². The van der Waals surface area contributed by atoms with E-state index in [0.717, 1.165) is 11.3 Å². The third kappa shape index (κ3) is 3.48. The van der Waals surface area contributed by atoms with E-state index in [1.165, 1.54) is 0 Å². The van der Waals surface area contributed by atoms with Gasteiger partial charge >= 0.3 is 6.18 Å². The highest BCUT2D eigenvalue weighted by Gasteiger charge is 2.41. The van der Waals surface area contributed by atoms with Gasteiger partial charge in [0.25, 0.3) is 0 Å². The number of nitrogens with zero attached hydrogens (tertiary/aromatic N) is 1. The Hall–Kier alpha value is -2.05. The molecule has 0 aliphatic heterocycles. The molecule has 0 bridgehead atoms. The monoisotopic (exact) mass is 325 g/mol. The number of hydrogen-bond donors (Lipinski definition) is 2. The minimum atomic E-state index is -4.07. The quantitative estimate of drug-likeness (QED) is 0.905. The van der Waals surface area contributed by atoms with E-state index in [1.807, 2.05) is 0 Å². The fourth-order valence-electron chi connectivity index (χ4n) is 3.28. The molecule has 0 unspecified atom stereocenters. The molecule has 1 fully saturated rings. The van der Waals surface area contributed by atoms with Crippen LogP contribution >= 0.6 is 0 Å². The second kappa shape index (κ2) is 5.86. The molecule has 3 N–H and O–H groups in total. The molecule has 3 rings (SSSR count). The fourth-order valence-corrected chi connectivity index (χ4v) is 3.28. The Kier molecular flexibility index (Phi) is 4.04. The first-order valence-corrected chi connectivity index (χ1v) is 7.68. The Morgan fingerprint density at radius 2 is 1.96 bits per heavy atom. The van der Waals surface area contributed by atoms with Crippen molar-refractivity contribution in [2.45, 2.75) is 38.3 Å². The zero-order valence-corrected chi connectivity index (χ0v) is 12.5. The molecule has 4 nitrogen and oxygen atoms in total. The molecular formula is C16H18F3N3O. The van der Waals surface area contributed by atoms with Crippen LogP contribution in [0.2, 0.25) is 0 Å². The van der Waals surface area contributed by atoms with Crippen LogP contribution in [0.15, 0.2) is 18.2 Å². The average molecular weight is 325 g/mol. The number of primary amides is 1. The third-order valence-electron chi connectivity index (χ3n) is 4.61. The topological polar surface area (TPSA) is 71.8 Å².